The molecule has 0 fully saturated rings. The van der Waals surface area contributed by atoms with E-state index < -0.39 is 9.84 Å². The molecule has 0 aliphatic heterocycles. The van der Waals surface area contributed by atoms with Crippen molar-refractivity contribution in [3.05, 3.63) is 48.4 Å². The summed E-state index contributed by atoms with van der Waals surface area (Å²) in [5, 5.41) is -0.0288. The lowest BCUT2D eigenvalue weighted by Gasteiger charge is -2.02. The summed E-state index contributed by atoms with van der Waals surface area (Å²) in [7, 11) is -3.53. The highest BCUT2D eigenvalue weighted by Crippen LogP contribution is 2.17. The van der Waals surface area contributed by atoms with Gasteiger partial charge in [-0.15, -0.1) is 0 Å². The zero-order chi connectivity index (χ0) is 11.6. The van der Waals surface area contributed by atoms with E-state index in [1.54, 1.807) is 24.3 Å². The molecule has 2 rings (SSSR count). The van der Waals surface area contributed by atoms with Crippen molar-refractivity contribution in [3.63, 3.8) is 0 Å². The summed E-state index contributed by atoms with van der Waals surface area (Å²) in [6.45, 7) is 1.90. The first kappa shape index (κ1) is 10.8. The van der Waals surface area contributed by atoms with E-state index in [9.17, 15) is 8.42 Å². The molecule has 16 heavy (non-hydrogen) atoms. The predicted octanol–water partition coefficient (Wildman–Crippen LogP) is 1.62. The second-order valence-electron chi connectivity index (χ2n) is 3.36. The summed E-state index contributed by atoms with van der Waals surface area (Å²) < 4.78 is 24.1. The van der Waals surface area contributed by atoms with E-state index in [0.29, 0.717) is 0 Å². The molecule has 0 bridgehead atoms. The van der Waals surface area contributed by atoms with Crippen molar-refractivity contribution < 1.29 is 8.42 Å². The second-order valence-corrected chi connectivity index (χ2v) is 5.26. The molecule has 0 spiro atoms. The highest BCUT2D eigenvalue weighted by molar-refractivity contribution is 7.91. The quantitative estimate of drug-likeness (QED) is 0.792. The summed E-state index contributed by atoms with van der Waals surface area (Å²) in [5.74, 6) is 0. The van der Waals surface area contributed by atoms with Gasteiger partial charge in [0.25, 0.3) is 0 Å². The molecule has 4 nitrogen and oxygen atoms in total. The summed E-state index contributed by atoms with van der Waals surface area (Å²) in [5.41, 5.74) is 1.01. The van der Waals surface area contributed by atoms with E-state index in [0.717, 1.165) is 5.56 Å². The van der Waals surface area contributed by atoms with E-state index in [1.807, 2.05) is 6.92 Å². The average Bonchev–Trinajstić information content (AvgIpc) is 2.31. The number of rotatable bonds is 2. The molecule has 5 heteroatoms. The Balaban J connectivity index is 2.52. The Morgan fingerprint density at radius 1 is 1.06 bits per heavy atom. The Hall–Kier alpha value is -1.75. The fraction of sp³-hybridized carbons (Fsp3) is 0.0909. The van der Waals surface area contributed by atoms with E-state index in [4.69, 9.17) is 0 Å². The van der Waals surface area contributed by atoms with Gasteiger partial charge in [0.05, 0.1) is 11.1 Å². The molecule has 1 heterocycles. The van der Waals surface area contributed by atoms with Gasteiger partial charge in [0.1, 0.15) is 0 Å². The van der Waals surface area contributed by atoms with Crippen molar-refractivity contribution in [2.75, 3.05) is 0 Å². The van der Waals surface area contributed by atoms with E-state index in [1.165, 1.54) is 18.6 Å². The smallest absolute Gasteiger partial charge is 0.225 e. The molecular formula is C11H10N2O2S. The van der Waals surface area contributed by atoms with Crippen LogP contribution in [0.1, 0.15) is 5.56 Å². The lowest BCUT2D eigenvalue weighted by molar-refractivity contribution is 0.591. The van der Waals surface area contributed by atoms with Crippen LogP contribution in [-0.2, 0) is 9.84 Å². The van der Waals surface area contributed by atoms with E-state index >= 15 is 0 Å². The minimum atomic E-state index is -3.53. The minimum absolute atomic E-state index is 0.0288. The summed E-state index contributed by atoms with van der Waals surface area (Å²) in [6, 6.07) is 6.64. The Kier molecular flexibility index (Phi) is 2.70. The summed E-state index contributed by atoms with van der Waals surface area (Å²) in [4.78, 5) is 7.79. The topological polar surface area (TPSA) is 59.9 Å². The van der Waals surface area contributed by atoms with Crippen LogP contribution >= 0.6 is 0 Å². The molecule has 0 unspecified atom stereocenters. The van der Waals surface area contributed by atoms with Crippen LogP contribution < -0.4 is 0 Å². The van der Waals surface area contributed by atoms with Crippen LogP contribution in [0.25, 0.3) is 0 Å². The molecule has 0 atom stereocenters. The van der Waals surface area contributed by atoms with Crippen molar-refractivity contribution in [1.29, 1.82) is 0 Å². The van der Waals surface area contributed by atoms with Crippen molar-refractivity contribution in [2.45, 2.75) is 16.8 Å². The first-order valence-electron chi connectivity index (χ1n) is 4.68. The van der Waals surface area contributed by atoms with Crippen LogP contribution in [0, 0.1) is 6.92 Å². The SMILES string of the molecule is Cc1ccc(S(=O)(=O)c2cnccn2)cc1. The Labute approximate surface area is 93.9 Å². The normalized spacial score (nSPS) is 11.3. The standard InChI is InChI=1S/C11H10N2O2S/c1-9-2-4-10(5-3-9)16(14,15)11-8-12-6-7-13-11/h2-8H,1H3. The van der Waals surface area contributed by atoms with Crippen LogP contribution in [0.5, 0.6) is 0 Å². The fourth-order valence-corrected chi connectivity index (χ4v) is 2.40. The molecule has 0 aliphatic rings. The highest BCUT2D eigenvalue weighted by Gasteiger charge is 2.18. The second kappa shape index (κ2) is 4.02. The number of aryl methyl sites for hydroxylation is 1. The molecule has 2 aromatic rings. The molecule has 0 saturated carbocycles. The zero-order valence-electron chi connectivity index (χ0n) is 8.66. The van der Waals surface area contributed by atoms with Gasteiger partial charge in [0, 0.05) is 12.4 Å². The number of benzene rings is 1. The Morgan fingerprint density at radius 2 is 1.75 bits per heavy atom. The monoisotopic (exact) mass is 234 g/mol. The summed E-state index contributed by atoms with van der Waals surface area (Å²) >= 11 is 0. The van der Waals surface area contributed by atoms with E-state index in [-0.39, 0.29) is 9.92 Å². The van der Waals surface area contributed by atoms with Gasteiger partial charge in [0.2, 0.25) is 9.84 Å². The highest BCUT2D eigenvalue weighted by atomic mass is 32.2. The maximum atomic E-state index is 12.0. The van der Waals surface area contributed by atoms with Crippen LogP contribution in [0.4, 0.5) is 0 Å². The maximum absolute atomic E-state index is 12.0. The first-order valence-corrected chi connectivity index (χ1v) is 6.17. The van der Waals surface area contributed by atoms with Crippen LogP contribution in [0.2, 0.25) is 0 Å². The molecule has 0 aliphatic carbocycles. The van der Waals surface area contributed by atoms with Gasteiger partial charge in [-0.05, 0) is 19.1 Å². The fourth-order valence-electron chi connectivity index (χ4n) is 1.26. The van der Waals surface area contributed by atoms with Crippen molar-refractivity contribution in [1.82, 2.24) is 9.97 Å². The first-order chi connectivity index (χ1) is 7.60. The van der Waals surface area contributed by atoms with Gasteiger partial charge in [0.15, 0.2) is 5.03 Å². The molecule has 0 saturated heterocycles. The molecule has 1 aromatic heterocycles. The van der Waals surface area contributed by atoms with Gasteiger partial charge >= 0.3 is 0 Å². The molecule has 1 aromatic carbocycles. The van der Waals surface area contributed by atoms with E-state index in [2.05, 4.69) is 9.97 Å². The van der Waals surface area contributed by atoms with Crippen LogP contribution in [0.15, 0.2) is 52.8 Å². The average molecular weight is 234 g/mol. The van der Waals surface area contributed by atoms with Gasteiger partial charge in [-0.1, -0.05) is 17.7 Å². The largest absolute Gasteiger partial charge is 0.260 e. The number of hydrogen-bond acceptors (Lipinski definition) is 4. The van der Waals surface area contributed by atoms with Crippen LogP contribution in [0.3, 0.4) is 0 Å². The van der Waals surface area contributed by atoms with Gasteiger partial charge in [-0.3, -0.25) is 4.98 Å². The third kappa shape index (κ3) is 1.94. The van der Waals surface area contributed by atoms with Gasteiger partial charge in [-0.2, -0.15) is 0 Å². The summed E-state index contributed by atoms with van der Waals surface area (Å²) in [6.07, 6.45) is 4.05. The van der Waals surface area contributed by atoms with Crippen molar-refractivity contribution in [3.8, 4) is 0 Å². The van der Waals surface area contributed by atoms with Crippen molar-refractivity contribution >= 4 is 9.84 Å². The van der Waals surface area contributed by atoms with Gasteiger partial charge in [-0.25, -0.2) is 13.4 Å². The lowest BCUT2D eigenvalue weighted by Crippen LogP contribution is -2.04. The number of hydrogen-bond donors (Lipinski definition) is 0. The number of nitrogens with zero attached hydrogens (tertiary/aromatic N) is 2. The number of sulfone groups is 1. The Morgan fingerprint density at radius 3 is 2.31 bits per heavy atom. The molecule has 0 radical (unpaired) electrons. The maximum Gasteiger partial charge on any atom is 0.225 e. The molecule has 0 amide bonds. The number of aromatic nitrogens is 2. The zero-order valence-corrected chi connectivity index (χ0v) is 9.48. The van der Waals surface area contributed by atoms with Gasteiger partial charge < -0.3 is 0 Å². The predicted molar refractivity (Wildman–Crippen MR) is 58.7 cm³/mol. The third-order valence-electron chi connectivity index (χ3n) is 2.15. The third-order valence-corrected chi connectivity index (χ3v) is 3.80. The minimum Gasteiger partial charge on any atom is -0.260 e. The van der Waals surface area contributed by atoms with Crippen LogP contribution in [-0.4, -0.2) is 18.4 Å². The Bertz CT molecular complexity index is 577. The molecule has 0 N–H and O–H groups in total. The molecule has 82 valence electrons. The molecular weight excluding hydrogens is 224 g/mol. The van der Waals surface area contributed by atoms with Crippen molar-refractivity contribution in [2.24, 2.45) is 0 Å². The lowest BCUT2D eigenvalue weighted by atomic mass is 10.2.